The highest BCUT2D eigenvalue weighted by Gasteiger charge is 1.99. The van der Waals surface area contributed by atoms with Crippen molar-refractivity contribution in [3.05, 3.63) is 24.3 Å². The number of rotatable bonds is 9. The van der Waals surface area contributed by atoms with E-state index in [4.69, 9.17) is 0 Å². The molecule has 0 heterocycles. The van der Waals surface area contributed by atoms with Crippen molar-refractivity contribution in [2.75, 3.05) is 5.75 Å². The van der Waals surface area contributed by atoms with Gasteiger partial charge >= 0.3 is 0 Å². The predicted octanol–water partition coefficient (Wildman–Crippen LogP) is 5.23. The van der Waals surface area contributed by atoms with E-state index >= 15 is 0 Å². The minimum absolute atomic E-state index is 0.417. The Hall–Kier alpha value is -0.630. The average Bonchev–Trinajstić information content (AvgIpc) is 2.35. The molecule has 1 N–H and O–H groups in total. The number of hydrogen-bond donors (Lipinski definition) is 1. The third-order valence-corrected chi connectivity index (χ3v) is 4.02. The summed E-state index contributed by atoms with van der Waals surface area (Å²) in [6.07, 6.45) is 9.42. The predicted molar refractivity (Wildman–Crippen MR) is 76.8 cm³/mol. The second-order valence-corrected chi connectivity index (χ2v) is 5.57. The van der Waals surface area contributed by atoms with Gasteiger partial charge in [-0.25, -0.2) is 0 Å². The minimum Gasteiger partial charge on any atom is -0.507 e. The lowest BCUT2D eigenvalue weighted by Gasteiger charge is -2.04. The van der Waals surface area contributed by atoms with E-state index in [1.54, 1.807) is 17.8 Å². The first-order valence-corrected chi connectivity index (χ1v) is 7.74. The summed E-state index contributed by atoms with van der Waals surface area (Å²) in [7, 11) is 0. The van der Waals surface area contributed by atoms with Gasteiger partial charge in [-0.15, -0.1) is 11.8 Å². The lowest BCUT2D eigenvalue weighted by molar-refractivity contribution is 0.462. The van der Waals surface area contributed by atoms with Crippen molar-refractivity contribution < 1.29 is 5.11 Å². The van der Waals surface area contributed by atoms with Crippen LogP contribution < -0.4 is 0 Å². The number of thioether (sulfide) groups is 1. The molecular weight excluding hydrogens is 228 g/mol. The molecule has 0 unspecified atom stereocenters. The molecule has 0 amide bonds. The van der Waals surface area contributed by atoms with E-state index in [1.165, 1.54) is 44.9 Å². The maximum Gasteiger partial charge on any atom is 0.129 e. The van der Waals surface area contributed by atoms with Gasteiger partial charge in [0.2, 0.25) is 0 Å². The van der Waals surface area contributed by atoms with Gasteiger partial charge in [0, 0.05) is 4.90 Å². The van der Waals surface area contributed by atoms with E-state index in [2.05, 4.69) is 6.92 Å². The van der Waals surface area contributed by atoms with Gasteiger partial charge in [-0.1, -0.05) is 57.6 Å². The summed E-state index contributed by atoms with van der Waals surface area (Å²) in [5.41, 5.74) is 0. The number of benzene rings is 1. The lowest BCUT2D eigenvalue weighted by atomic mass is 10.1. The van der Waals surface area contributed by atoms with Crippen LogP contribution in [0.2, 0.25) is 0 Å². The second-order valence-electron chi connectivity index (χ2n) is 4.44. The van der Waals surface area contributed by atoms with Gasteiger partial charge in [-0.05, 0) is 24.3 Å². The van der Waals surface area contributed by atoms with Crippen LogP contribution in [-0.2, 0) is 0 Å². The van der Waals surface area contributed by atoms with Crippen molar-refractivity contribution in [1.82, 2.24) is 0 Å². The maximum absolute atomic E-state index is 9.59. The smallest absolute Gasteiger partial charge is 0.129 e. The SMILES string of the molecule is CCCCCCCCCSc1ccccc1O. The summed E-state index contributed by atoms with van der Waals surface area (Å²) < 4.78 is 0. The first-order chi connectivity index (χ1) is 8.34. The standard InChI is InChI=1S/C15H24OS/c1-2-3-4-5-6-7-10-13-17-15-12-9-8-11-14(15)16/h8-9,11-12,16H,2-7,10,13H2,1H3. The number of phenols is 1. The fourth-order valence-corrected chi connectivity index (χ4v) is 2.78. The van der Waals surface area contributed by atoms with Gasteiger partial charge in [0.15, 0.2) is 0 Å². The van der Waals surface area contributed by atoms with E-state index in [0.29, 0.717) is 5.75 Å². The fraction of sp³-hybridized carbons (Fsp3) is 0.600. The summed E-state index contributed by atoms with van der Waals surface area (Å²) >= 11 is 1.77. The van der Waals surface area contributed by atoms with Crippen molar-refractivity contribution in [2.45, 2.75) is 56.8 Å². The first-order valence-electron chi connectivity index (χ1n) is 6.75. The van der Waals surface area contributed by atoms with E-state index in [1.807, 2.05) is 18.2 Å². The highest BCUT2D eigenvalue weighted by molar-refractivity contribution is 7.99. The molecule has 0 atom stereocenters. The Morgan fingerprint density at radius 1 is 0.941 bits per heavy atom. The van der Waals surface area contributed by atoms with Crippen LogP contribution in [-0.4, -0.2) is 10.9 Å². The highest BCUT2D eigenvalue weighted by Crippen LogP contribution is 2.28. The minimum atomic E-state index is 0.417. The van der Waals surface area contributed by atoms with Crippen molar-refractivity contribution in [3.8, 4) is 5.75 Å². The summed E-state index contributed by atoms with van der Waals surface area (Å²) in [5.74, 6) is 1.53. The third-order valence-electron chi connectivity index (χ3n) is 2.87. The zero-order valence-electron chi connectivity index (χ0n) is 10.8. The summed E-state index contributed by atoms with van der Waals surface area (Å²) in [5, 5.41) is 9.59. The molecule has 17 heavy (non-hydrogen) atoms. The van der Waals surface area contributed by atoms with Gasteiger partial charge in [0.25, 0.3) is 0 Å². The molecule has 1 nitrogen and oxygen atoms in total. The Kier molecular flexibility index (Phi) is 7.98. The van der Waals surface area contributed by atoms with Crippen LogP contribution in [0.3, 0.4) is 0 Å². The Morgan fingerprint density at radius 3 is 2.29 bits per heavy atom. The molecule has 0 aliphatic rings. The Bertz CT molecular complexity index is 299. The molecule has 0 aliphatic carbocycles. The molecule has 96 valence electrons. The van der Waals surface area contributed by atoms with Crippen LogP contribution in [0.25, 0.3) is 0 Å². The first kappa shape index (κ1) is 14.4. The molecular formula is C15H24OS. The third kappa shape index (κ3) is 6.62. The van der Waals surface area contributed by atoms with Gasteiger partial charge < -0.3 is 5.11 Å². The molecule has 0 saturated heterocycles. The monoisotopic (exact) mass is 252 g/mol. The average molecular weight is 252 g/mol. The number of aromatic hydroxyl groups is 1. The molecule has 0 bridgehead atoms. The number of phenolic OH excluding ortho intramolecular Hbond substituents is 1. The maximum atomic E-state index is 9.59. The van der Waals surface area contributed by atoms with Crippen LogP contribution in [0.1, 0.15) is 51.9 Å². The quantitative estimate of drug-likeness (QED) is 0.479. The van der Waals surface area contributed by atoms with Gasteiger partial charge in [0.05, 0.1) is 0 Å². The zero-order valence-corrected chi connectivity index (χ0v) is 11.6. The molecule has 0 saturated carbocycles. The summed E-state index contributed by atoms with van der Waals surface area (Å²) in [6, 6.07) is 7.59. The lowest BCUT2D eigenvalue weighted by Crippen LogP contribution is -1.83. The summed E-state index contributed by atoms with van der Waals surface area (Å²) in [6.45, 7) is 2.25. The van der Waals surface area contributed by atoms with Crippen molar-refractivity contribution in [2.24, 2.45) is 0 Å². The van der Waals surface area contributed by atoms with Crippen molar-refractivity contribution in [3.63, 3.8) is 0 Å². The molecule has 0 aliphatic heterocycles. The molecule has 0 fully saturated rings. The zero-order chi connectivity index (χ0) is 12.3. The molecule has 0 aromatic heterocycles. The van der Waals surface area contributed by atoms with Crippen LogP contribution in [0, 0.1) is 0 Å². The Labute approximate surface area is 110 Å². The van der Waals surface area contributed by atoms with Crippen LogP contribution in [0.5, 0.6) is 5.75 Å². The topological polar surface area (TPSA) is 20.2 Å². The van der Waals surface area contributed by atoms with Crippen molar-refractivity contribution in [1.29, 1.82) is 0 Å². The van der Waals surface area contributed by atoms with Crippen LogP contribution in [0.15, 0.2) is 29.2 Å². The van der Waals surface area contributed by atoms with Crippen LogP contribution in [0.4, 0.5) is 0 Å². The number of hydrogen-bond acceptors (Lipinski definition) is 2. The van der Waals surface area contributed by atoms with E-state index in [-0.39, 0.29) is 0 Å². The second kappa shape index (κ2) is 9.41. The molecule has 1 rings (SSSR count). The highest BCUT2D eigenvalue weighted by atomic mass is 32.2. The van der Waals surface area contributed by atoms with E-state index in [9.17, 15) is 5.11 Å². The van der Waals surface area contributed by atoms with E-state index in [0.717, 1.165) is 10.6 Å². The van der Waals surface area contributed by atoms with Gasteiger partial charge in [-0.2, -0.15) is 0 Å². The van der Waals surface area contributed by atoms with Crippen molar-refractivity contribution >= 4 is 11.8 Å². The normalized spacial score (nSPS) is 10.6. The molecule has 0 radical (unpaired) electrons. The van der Waals surface area contributed by atoms with E-state index < -0.39 is 0 Å². The molecule has 1 aromatic rings. The molecule has 2 heteroatoms. The summed E-state index contributed by atoms with van der Waals surface area (Å²) in [4.78, 5) is 1.01. The Balaban J connectivity index is 1.99. The largest absolute Gasteiger partial charge is 0.507 e. The van der Waals surface area contributed by atoms with Gasteiger partial charge in [-0.3, -0.25) is 0 Å². The molecule has 1 aromatic carbocycles. The molecule has 0 spiro atoms. The van der Waals surface area contributed by atoms with Gasteiger partial charge in [0.1, 0.15) is 5.75 Å². The fourth-order valence-electron chi connectivity index (χ4n) is 1.82. The number of para-hydroxylation sites is 1. The van der Waals surface area contributed by atoms with Crippen LogP contribution >= 0.6 is 11.8 Å². The Morgan fingerprint density at radius 2 is 1.59 bits per heavy atom. The number of unbranched alkanes of at least 4 members (excludes halogenated alkanes) is 6.